The summed E-state index contributed by atoms with van der Waals surface area (Å²) in [5.41, 5.74) is 3.72. The number of methoxy groups -OCH3 is 1. The molecule has 2 aromatic carbocycles. The summed E-state index contributed by atoms with van der Waals surface area (Å²) in [4.78, 5) is 25.2. The maximum atomic E-state index is 12.7. The summed E-state index contributed by atoms with van der Waals surface area (Å²) in [6.45, 7) is 11.4. The summed E-state index contributed by atoms with van der Waals surface area (Å²) in [6.07, 6.45) is 0. The lowest BCUT2D eigenvalue weighted by Crippen LogP contribution is -2.51. The van der Waals surface area contributed by atoms with Gasteiger partial charge in [0.1, 0.15) is 0 Å². The fraction of sp³-hybridized carbons (Fsp3) is 0.452. The number of morpholine rings is 2. The van der Waals surface area contributed by atoms with Crippen molar-refractivity contribution in [2.75, 3.05) is 76.5 Å². The molecule has 0 spiro atoms. The van der Waals surface area contributed by atoms with Crippen LogP contribution in [0.2, 0.25) is 0 Å². The number of hydrogen-bond donors (Lipinski definition) is 2. The van der Waals surface area contributed by atoms with Gasteiger partial charge in [0.2, 0.25) is 5.56 Å². The molecule has 10 heteroatoms. The minimum atomic E-state index is -0.126. The number of nitrogens with one attached hydrogen (secondary N) is 2. The van der Waals surface area contributed by atoms with E-state index in [1.807, 2.05) is 0 Å². The zero-order chi connectivity index (χ0) is 28.4. The van der Waals surface area contributed by atoms with E-state index in [-0.39, 0.29) is 17.2 Å². The van der Waals surface area contributed by atoms with Crippen LogP contribution in [0.1, 0.15) is 13.8 Å². The van der Waals surface area contributed by atoms with Gasteiger partial charge in [0.15, 0.2) is 0 Å². The summed E-state index contributed by atoms with van der Waals surface area (Å²) in [7, 11) is 1.76. The van der Waals surface area contributed by atoms with Crippen molar-refractivity contribution < 1.29 is 14.2 Å². The van der Waals surface area contributed by atoms with Crippen LogP contribution in [0.5, 0.6) is 0 Å². The van der Waals surface area contributed by atoms with E-state index in [1.165, 1.54) is 19.6 Å². The number of anilines is 2. The SMILES string of the molecule is COC[C@H](CN1CCOC(C)(C)C1)Nc1ccc2c(c1)Sc1cccc(-c3cc(N4CCOCC4)cc(=O)[nH]3)c1S2. The van der Waals surface area contributed by atoms with Crippen molar-refractivity contribution in [3.8, 4) is 11.3 Å². The number of H-pyrrole nitrogens is 1. The van der Waals surface area contributed by atoms with Crippen LogP contribution in [0.4, 0.5) is 11.4 Å². The van der Waals surface area contributed by atoms with Crippen molar-refractivity contribution in [1.29, 1.82) is 0 Å². The molecule has 0 aliphatic carbocycles. The van der Waals surface area contributed by atoms with Gasteiger partial charge < -0.3 is 29.4 Å². The Balaban J connectivity index is 1.21. The molecule has 3 aliphatic rings. The van der Waals surface area contributed by atoms with Gasteiger partial charge in [-0.05, 0) is 44.2 Å². The molecule has 0 radical (unpaired) electrons. The Morgan fingerprint density at radius 2 is 1.88 bits per heavy atom. The molecule has 6 rings (SSSR count). The molecule has 8 nitrogen and oxygen atoms in total. The third kappa shape index (κ3) is 6.79. The van der Waals surface area contributed by atoms with Gasteiger partial charge in [-0.15, -0.1) is 0 Å². The van der Waals surface area contributed by atoms with Crippen LogP contribution < -0.4 is 15.8 Å². The van der Waals surface area contributed by atoms with Crippen molar-refractivity contribution in [2.45, 2.75) is 45.1 Å². The minimum absolute atomic E-state index is 0.0857. The molecule has 2 fully saturated rings. The molecule has 218 valence electrons. The number of fused-ring (bicyclic) bond motifs is 2. The van der Waals surface area contributed by atoms with E-state index in [2.05, 4.69) is 76.4 Å². The van der Waals surface area contributed by atoms with Gasteiger partial charge in [0, 0.05) is 82.4 Å². The Morgan fingerprint density at radius 3 is 2.68 bits per heavy atom. The van der Waals surface area contributed by atoms with Gasteiger partial charge in [0.05, 0.1) is 43.8 Å². The highest BCUT2D eigenvalue weighted by molar-refractivity contribution is 8.05. The van der Waals surface area contributed by atoms with Crippen LogP contribution in [0.3, 0.4) is 0 Å². The standard InChI is InChI=1S/C31H38N4O4S2/c1-31(2)20-34(9-14-39-31)18-22(19-37-3)32-21-7-8-26-28(15-21)40-27-6-4-5-24(30(27)41-26)25-16-23(17-29(36)33-25)35-10-12-38-13-11-35/h4-8,15-17,22,32H,9-14,18-20H2,1-3H3,(H,33,36)/t22-/m0/s1. The summed E-state index contributed by atoms with van der Waals surface area (Å²) in [6, 6.07) is 16.9. The maximum absolute atomic E-state index is 12.7. The van der Waals surface area contributed by atoms with Crippen LogP contribution in [-0.4, -0.2) is 87.8 Å². The predicted octanol–water partition coefficient (Wildman–Crippen LogP) is 5.03. The number of nitrogens with zero attached hydrogens (tertiary/aromatic N) is 2. The Hall–Kier alpha value is -2.47. The molecule has 1 atom stereocenters. The van der Waals surface area contributed by atoms with Gasteiger partial charge in [-0.1, -0.05) is 35.7 Å². The van der Waals surface area contributed by atoms with E-state index in [9.17, 15) is 4.79 Å². The highest BCUT2D eigenvalue weighted by atomic mass is 32.2. The first kappa shape index (κ1) is 28.6. The lowest BCUT2D eigenvalue weighted by atomic mass is 10.1. The Bertz CT molecular complexity index is 1440. The van der Waals surface area contributed by atoms with Crippen LogP contribution in [-0.2, 0) is 14.2 Å². The zero-order valence-electron chi connectivity index (χ0n) is 23.9. The first-order chi connectivity index (χ1) is 19.9. The average molecular weight is 595 g/mol. The molecule has 41 heavy (non-hydrogen) atoms. The normalized spacial score (nSPS) is 19.3. The van der Waals surface area contributed by atoms with Crippen LogP contribution in [0.25, 0.3) is 11.3 Å². The fourth-order valence-electron chi connectivity index (χ4n) is 5.74. The molecule has 0 bridgehead atoms. The number of pyridine rings is 1. The molecule has 0 unspecified atom stereocenters. The highest BCUT2D eigenvalue weighted by Gasteiger charge is 2.29. The molecule has 0 saturated carbocycles. The number of ether oxygens (including phenoxy) is 3. The molecule has 1 aromatic heterocycles. The first-order valence-electron chi connectivity index (χ1n) is 14.2. The summed E-state index contributed by atoms with van der Waals surface area (Å²) in [5, 5.41) is 3.73. The first-order valence-corrected chi connectivity index (χ1v) is 15.8. The minimum Gasteiger partial charge on any atom is -0.383 e. The molecule has 4 heterocycles. The third-order valence-electron chi connectivity index (χ3n) is 7.57. The molecule has 2 saturated heterocycles. The van der Waals surface area contributed by atoms with Gasteiger partial charge in [-0.25, -0.2) is 0 Å². The van der Waals surface area contributed by atoms with E-state index < -0.39 is 0 Å². The smallest absolute Gasteiger partial charge is 0.250 e. The Kier molecular flexibility index (Phi) is 8.67. The topological polar surface area (TPSA) is 79.1 Å². The lowest BCUT2D eigenvalue weighted by Gasteiger charge is -2.39. The predicted molar refractivity (Wildman–Crippen MR) is 166 cm³/mol. The van der Waals surface area contributed by atoms with Crippen molar-refractivity contribution in [2.24, 2.45) is 0 Å². The second-order valence-electron chi connectivity index (χ2n) is 11.4. The van der Waals surface area contributed by atoms with Gasteiger partial charge in [-0.2, -0.15) is 0 Å². The summed E-state index contributed by atoms with van der Waals surface area (Å²) in [5.74, 6) is 0. The van der Waals surface area contributed by atoms with Gasteiger partial charge >= 0.3 is 0 Å². The molecular formula is C31H38N4O4S2. The Labute approximate surface area is 250 Å². The quantitative estimate of drug-likeness (QED) is 0.292. The number of aromatic amines is 1. The van der Waals surface area contributed by atoms with Crippen molar-refractivity contribution in [1.82, 2.24) is 9.88 Å². The maximum Gasteiger partial charge on any atom is 0.250 e. The molecule has 0 amide bonds. The summed E-state index contributed by atoms with van der Waals surface area (Å²) < 4.78 is 17.0. The average Bonchev–Trinajstić information content (AvgIpc) is 2.95. The number of aromatic nitrogens is 1. The van der Waals surface area contributed by atoms with Crippen molar-refractivity contribution >= 4 is 34.9 Å². The molecule has 3 aliphatic heterocycles. The van der Waals surface area contributed by atoms with Crippen LogP contribution in [0.15, 0.2) is 72.9 Å². The van der Waals surface area contributed by atoms with E-state index in [4.69, 9.17) is 14.2 Å². The number of benzene rings is 2. The molecule has 2 N–H and O–H groups in total. The van der Waals surface area contributed by atoms with Crippen LogP contribution in [0, 0.1) is 0 Å². The van der Waals surface area contributed by atoms with Crippen molar-refractivity contribution in [3.05, 3.63) is 58.9 Å². The highest BCUT2D eigenvalue weighted by Crippen LogP contribution is 2.52. The lowest BCUT2D eigenvalue weighted by molar-refractivity contribution is -0.0874. The molecule has 3 aromatic rings. The van der Waals surface area contributed by atoms with Gasteiger partial charge in [-0.3, -0.25) is 9.69 Å². The summed E-state index contributed by atoms with van der Waals surface area (Å²) >= 11 is 3.55. The second kappa shape index (κ2) is 12.4. The van der Waals surface area contributed by atoms with E-state index in [0.717, 1.165) is 62.0 Å². The van der Waals surface area contributed by atoms with E-state index in [0.29, 0.717) is 19.8 Å². The fourth-order valence-corrected chi connectivity index (χ4v) is 8.15. The zero-order valence-corrected chi connectivity index (χ0v) is 25.5. The molecular weight excluding hydrogens is 556 g/mol. The van der Waals surface area contributed by atoms with E-state index >= 15 is 0 Å². The second-order valence-corrected chi connectivity index (χ2v) is 13.5. The number of hydrogen-bond acceptors (Lipinski definition) is 9. The van der Waals surface area contributed by atoms with E-state index in [1.54, 1.807) is 36.7 Å². The van der Waals surface area contributed by atoms with Crippen LogP contribution >= 0.6 is 23.5 Å². The monoisotopic (exact) mass is 594 g/mol. The largest absolute Gasteiger partial charge is 0.383 e. The Morgan fingerprint density at radius 1 is 1.02 bits per heavy atom. The third-order valence-corrected chi connectivity index (χ3v) is 10.2. The number of rotatable bonds is 8. The van der Waals surface area contributed by atoms with Gasteiger partial charge in [0.25, 0.3) is 0 Å². The van der Waals surface area contributed by atoms with Crippen molar-refractivity contribution in [3.63, 3.8) is 0 Å².